The van der Waals surface area contributed by atoms with Gasteiger partial charge in [-0.25, -0.2) is 13.2 Å². The second-order valence-corrected chi connectivity index (χ2v) is 2.62. The van der Waals surface area contributed by atoms with E-state index in [4.69, 9.17) is 5.11 Å². The molecule has 0 unspecified atom stereocenters. The molecule has 1 rings (SSSR count). The van der Waals surface area contributed by atoms with Crippen LogP contribution in [0.5, 0.6) is 0 Å². The van der Waals surface area contributed by atoms with Gasteiger partial charge in [0.05, 0.1) is 0 Å². The summed E-state index contributed by atoms with van der Waals surface area (Å²) in [4.78, 5) is 0. The van der Waals surface area contributed by atoms with Gasteiger partial charge in [0, 0.05) is 5.56 Å². The molecule has 0 amide bonds. The molecule has 1 aromatic carbocycles. The lowest BCUT2D eigenvalue weighted by Gasteiger charge is -2.13. The quantitative estimate of drug-likeness (QED) is 0.588. The van der Waals surface area contributed by atoms with Gasteiger partial charge in [-0.3, -0.25) is 0 Å². The summed E-state index contributed by atoms with van der Waals surface area (Å²) in [6, 6.07) is 0.295. The highest BCUT2D eigenvalue weighted by Gasteiger charge is 2.32. The van der Waals surface area contributed by atoms with Crippen LogP contribution in [0.4, 0.5) is 22.0 Å². The molecule has 0 aliphatic carbocycles. The lowest BCUT2D eigenvalue weighted by molar-refractivity contribution is -0.0561. The SMILES string of the molecule is OCC(F)(F)c1cc(F)c(F)c(F)c1. The fourth-order valence-corrected chi connectivity index (χ4v) is 0.858. The summed E-state index contributed by atoms with van der Waals surface area (Å²) in [5.41, 5.74) is -1.10. The van der Waals surface area contributed by atoms with E-state index in [-0.39, 0.29) is 12.1 Å². The zero-order valence-electron chi connectivity index (χ0n) is 6.70. The van der Waals surface area contributed by atoms with Gasteiger partial charge in [0.2, 0.25) is 0 Å². The van der Waals surface area contributed by atoms with E-state index in [1.165, 1.54) is 0 Å². The Morgan fingerprint density at radius 3 is 1.86 bits per heavy atom. The first-order valence-electron chi connectivity index (χ1n) is 3.52. The van der Waals surface area contributed by atoms with Crippen LogP contribution in [-0.4, -0.2) is 11.7 Å². The zero-order chi connectivity index (χ0) is 10.9. The number of hydrogen-bond acceptors (Lipinski definition) is 1. The smallest absolute Gasteiger partial charge is 0.295 e. The van der Waals surface area contributed by atoms with Gasteiger partial charge in [0.1, 0.15) is 6.61 Å². The molecule has 6 heteroatoms. The molecule has 1 nitrogen and oxygen atoms in total. The third-order valence-corrected chi connectivity index (χ3v) is 1.60. The van der Waals surface area contributed by atoms with E-state index >= 15 is 0 Å². The van der Waals surface area contributed by atoms with Crippen molar-refractivity contribution in [2.75, 3.05) is 6.61 Å². The van der Waals surface area contributed by atoms with E-state index < -0.39 is 35.5 Å². The van der Waals surface area contributed by atoms with Crippen molar-refractivity contribution < 1.29 is 27.1 Å². The molecule has 0 saturated heterocycles. The molecule has 1 N–H and O–H groups in total. The van der Waals surface area contributed by atoms with Crippen LogP contribution in [0.15, 0.2) is 12.1 Å². The minimum Gasteiger partial charge on any atom is -0.390 e. The summed E-state index contributed by atoms with van der Waals surface area (Å²) < 4.78 is 62.6. The van der Waals surface area contributed by atoms with Gasteiger partial charge in [0.15, 0.2) is 17.5 Å². The van der Waals surface area contributed by atoms with Crippen molar-refractivity contribution in [3.8, 4) is 0 Å². The highest BCUT2D eigenvalue weighted by molar-refractivity contribution is 5.23. The second kappa shape index (κ2) is 3.53. The van der Waals surface area contributed by atoms with Gasteiger partial charge >= 0.3 is 0 Å². The van der Waals surface area contributed by atoms with Crippen LogP contribution in [0.2, 0.25) is 0 Å². The maximum absolute atomic E-state index is 12.7. The molecular formula is C8H5F5O. The molecule has 0 aliphatic rings. The lowest BCUT2D eigenvalue weighted by Crippen LogP contribution is -2.19. The first kappa shape index (κ1) is 10.9. The largest absolute Gasteiger partial charge is 0.390 e. The third kappa shape index (κ3) is 1.84. The summed E-state index contributed by atoms with van der Waals surface area (Å²) >= 11 is 0. The van der Waals surface area contributed by atoms with Gasteiger partial charge in [-0.2, -0.15) is 8.78 Å². The Labute approximate surface area is 75.8 Å². The Bertz CT molecular complexity index is 327. The summed E-state index contributed by atoms with van der Waals surface area (Å²) in [6.45, 7) is -1.60. The molecule has 0 saturated carbocycles. The van der Waals surface area contributed by atoms with Crippen molar-refractivity contribution in [3.63, 3.8) is 0 Å². The normalized spacial score (nSPS) is 11.9. The van der Waals surface area contributed by atoms with Crippen LogP contribution in [-0.2, 0) is 5.92 Å². The molecule has 0 aromatic heterocycles. The van der Waals surface area contributed by atoms with Crippen LogP contribution >= 0.6 is 0 Å². The van der Waals surface area contributed by atoms with Crippen LogP contribution in [0.1, 0.15) is 5.56 Å². The van der Waals surface area contributed by atoms with E-state index in [0.717, 1.165) is 0 Å². The topological polar surface area (TPSA) is 20.2 Å². The van der Waals surface area contributed by atoms with Crippen LogP contribution in [0.3, 0.4) is 0 Å². The number of rotatable bonds is 2. The summed E-state index contributed by atoms with van der Waals surface area (Å²) in [6.07, 6.45) is 0. The standard InChI is InChI=1S/C8H5F5O/c9-5-1-4(8(12,13)3-14)2-6(10)7(5)11/h1-2,14H,3H2. The number of aliphatic hydroxyl groups is 1. The van der Waals surface area contributed by atoms with Crippen molar-refractivity contribution in [2.45, 2.75) is 5.92 Å². The van der Waals surface area contributed by atoms with Crippen LogP contribution < -0.4 is 0 Å². The average Bonchev–Trinajstić information content (AvgIpc) is 2.13. The van der Waals surface area contributed by atoms with Gasteiger partial charge < -0.3 is 5.11 Å². The molecule has 0 bridgehead atoms. The lowest BCUT2D eigenvalue weighted by atomic mass is 10.1. The van der Waals surface area contributed by atoms with E-state index in [2.05, 4.69) is 0 Å². The molecule has 0 spiro atoms. The van der Waals surface area contributed by atoms with E-state index in [9.17, 15) is 22.0 Å². The summed E-state index contributed by atoms with van der Waals surface area (Å²) in [5, 5.41) is 8.21. The summed E-state index contributed by atoms with van der Waals surface area (Å²) in [5.74, 6) is -9.03. The maximum Gasteiger partial charge on any atom is 0.295 e. The summed E-state index contributed by atoms with van der Waals surface area (Å²) in [7, 11) is 0. The Morgan fingerprint density at radius 1 is 1.07 bits per heavy atom. The molecule has 14 heavy (non-hydrogen) atoms. The second-order valence-electron chi connectivity index (χ2n) is 2.62. The molecule has 78 valence electrons. The first-order chi connectivity index (χ1) is 6.38. The molecular weight excluding hydrogens is 207 g/mol. The molecule has 1 aromatic rings. The maximum atomic E-state index is 12.7. The number of halogens is 5. The number of alkyl halides is 2. The Kier molecular flexibility index (Phi) is 2.75. The fourth-order valence-electron chi connectivity index (χ4n) is 0.858. The minimum absolute atomic E-state index is 0.147. The van der Waals surface area contributed by atoms with Crippen LogP contribution in [0.25, 0.3) is 0 Å². The Balaban J connectivity index is 3.26. The number of hydrogen-bond donors (Lipinski definition) is 1. The average molecular weight is 212 g/mol. The van der Waals surface area contributed by atoms with Crippen molar-refractivity contribution in [2.24, 2.45) is 0 Å². The van der Waals surface area contributed by atoms with Gasteiger partial charge in [-0.1, -0.05) is 0 Å². The highest BCUT2D eigenvalue weighted by Crippen LogP contribution is 2.29. The minimum atomic E-state index is -3.78. The Hall–Kier alpha value is -1.17. The van der Waals surface area contributed by atoms with Crippen molar-refractivity contribution in [3.05, 3.63) is 35.1 Å². The molecule has 0 atom stereocenters. The van der Waals surface area contributed by atoms with E-state index in [1.54, 1.807) is 0 Å². The highest BCUT2D eigenvalue weighted by atomic mass is 19.3. The van der Waals surface area contributed by atoms with Crippen molar-refractivity contribution in [1.82, 2.24) is 0 Å². The zero-order valence-corrected chi connectivity index (χ0v) is 6.70. The first-order valence-corrected chi connectivity index (χ1v) is 3.52. The number of aliphatic hydroxyl groups excluding tert-OH is 1. The molecule has 0 fully saturated rings. The van der Waals surface area contributed by atoms with Gasteiger partial charge in [0.25, 0.3) is 5.92 Å². The van der Waals surface area contributed by atoms with Crippen molar-refractivity contribution in [1.29, 1.82) is 0 Å². The predicted molar refractivity (Wildman–Crippen MR) is 37.3 cm³/mol. The number of benzene rings is 1. The fraction of sp³-hybridized carbons (Fsp3) is 0.250. The molecule has 0 heterocycles. The van der Waals surface area contributed by atoms with E-state index in [0.29, 0.717) is 0 Å². The monoisotopic (exact) mass is 212 g/mol. The van der Waals surface area contributed by atoms with Gasteiger partial charge in [-0.05, 0) is 12.1 Å². The van der Waals surface area contributed by atoms with Crippen molar-refractivity contribution >= 4 is 0 Å². The Morgan fingerprint density at radius 2 is 1.50 bits per heavy atom. The van der Waals surface area contributed by atoms with E-state index in [1.807, 2.05) is 0 Å². The predicted octanol–water partition coefficient (Wildman–Crippen LogP) is 2.19. The van der Waals surface area contributed by atoms with Crippen LogP contribution in [0, 0.1) is 17.5 Å². The third-order valence-electron chi connectivity index (χ3n) is 1.60. The molecule has 0 aliphatic heterocycles. The van der Waals surface area contributed by atoms with Gasteiger partial charge in [-0.15, -0.1) is 0 Å². The molecule has 0 radical (unpaired) electrons.